The fraction of sp³-hybridized carbons (Fsp3) is 0.867. The van der Waals surface area contributed by atoms with Crippen LogP contribution in [0.4, 0.5) is 0 Å². The number of aliphatic imine (C=N–C) groups is 1. The summed E-state index contributed by atoms with van der Waals surface area (Å²) in [6, 6.07) is 0. The molecular weight excluding hydrogens is 381 g/mol. The molecule has 0 spiro atoms. The first-order valence-corrected chi connectivity index (χ1v) is 7.76. The molecule has 0 bridgehead atoms. The van der Waals surface area contributed by atoms with Gasteiger partial charge < -0.3 is 15.4 Å². The summed E-state index contributed by atoms with van der Waals surface area (Å²) in [7, 11) is 1.40. The number of carbonyl (C=O) groups excluding carboxylic acids is 1. The van der Waals surface area contributed by atoms with E-state index in [1.807, 2.05) is 6.92 Å². The smallest absolute Gasteiger partial charge is 0.307 e. The topological polar surface area (TPSA) is 62.7 Å². The van der Waals surface area contributed by atoms with E-state index < -0.39 is 0 Å². The van der Waals surface area contributed by atoms with E-state index in [2.05, 4.69) is 34.2 Å². The molecule has 0 rings (SSSR count). The predicted octanol–water partition coefficient (Wildman–Crippen LogP) is 2.94. The van der Waals surface area contributed by atoms with Crippen molar-refractivity contribution in [3.63, 3.8) is 0 Å². The molecule has 0 aliphatic carbocycles. The van der Waals surface area contributed by atoms with Gasteiger partial charge in [-0.3, -0.25) is 9.79 Å². The van der Waals surface area contributed by atoms with Crippen LogP contribution >= 0.6 is 24.0 Å². The van der Waals surface area contributed by atoms with Crippen LogP contribution in [-0.4, -0.2) is 38.7 Å². The molecule has 0 heterocycles. The number of hydrogen-bond donors (Lipinski definition) is 2. The van der Waals surface area contributed by atoms with E-state index in [4.69, 9.17) is 0 Å². The Morgan fingerprint density at radius 3 is 2.48 bits per heavy atom. The Kier molecular flexibility index (Phi) is 17.2. The lowest BCUT2D eigenvalue weighted by atomic mass is 10.00. The number of guanidine groups is 1. The maximum atomic E-state index is 11.1. The minimum atomic E-state index is -0.206. The van der Waals surface area contributed by atoms with Crippen LogP contribution in [0.2, 0.25) is 0 Å². The SMILES string of the molecule is CCCCC(CC)CN=C(NCC)NCCC(=O)OC.I. The standard InChI is InChI=1S/C15H31N3O2.HI/c1-5-8-9-13(6-2)12-18-15(16-7-3)17-11-10-14(19)20-4;/h13H,5-12H2,1-4H3,(H2,16,17,18);1H. The van der Waals surface area contributed by atoms with Gasteiger partial charge in [-0.15, -0.1) is 24.0 Å². The van der Waals surface area contributed by atoms with Crippen molar-refractivity contribution in [3.8, 4) is 0 Å². The summed E-state index contributed by atoms with van der Waals surface area (Å²) >= 11 is 0. The van der Waals surface area contributed by atoms with Gasteiger partial charge in [0.05, 0.1) is 13.5 Å². The average Bonchev–Trinajstić information content (AvgIpc) is 2.47. The second-order valence-corrected chi connectivity index (χ2v) is 4.89. The molecule has 0 aromatic heterocycles. The number of hydrogen-bond acceptors (Lipinski definition) is 3. The third-order valence-corrected chi connectivity index (χ3v) is 3.24. The number of halogens is 1. The summed E-state index contributed by atoms with van der Waals surface area (Å²) in [5.41, 5.74) is 0. The maximum Gasteiger partial charge on any atom is 0.307 e. The van der Waals surface area contributed by atoms with Crippen molar-refractivity contribution in [2.24, 2.45) is 10.9 Å². The van der Waals surface area contributed by atoms with E-state index in [0.29, 0.717) is 18.9 Å². The van der Waals surface area contributed by atoms with E-state index in [9.17, 15) is 4.79 Å². The minimum Gasteiger partial charge on any atom is -0.469 e. The van der Waals surface area contributed by atoms with E-state index in [0.717, 1.165) is 25.5 Å². The van der Waals surface area contributed by atoms with Gasteiger partial charge in [-0.05, 0) is 19.3 Å². The summed E-state index contributed by atoms with van der Waals surface area (Å²) in [4.78, 5) is 15.7. The highest BCUT2D eigenvalue weighted by Gasteiger charge is 2.06. The van der Waals surface area contributed by atoms with E-state index in [1.54, 1.807) is 0 Å². The Balaban J connectivity index is 0. The van der Waals surface area contributed by atoms with Crippen molar-refractivity contribution in [2.75, 3.05) is 26.7 Å². The number of methoxy groups -OCH3 is 1. The highest BCUT2D eigenvalue weighted by molar-refractivity contribution is 14.0. The third-order valence-electron chi connectivity index (χ3n) is 3.24. The zero-order valence-electron chi connectivity index (χ0n) is 13.9. The van der Waals surface area contributed by atoms with Crippen molar-refractivity contribution in [1.82, 2.24) is 10.6 Å². The minimum absolute atomic E-state index is 0. The largest absolute Gasteiger partial charge is 0.469 e. The number of rotatable bonds is 10. The van der Waals surface area contributed by atoms with Crippen LogP contribution < -0.4 is 10.6 Å². The maximum absolute atomic E-state index is 11.1. The first-order chi connectivity index (χ1) is 9.67. The zero-order valence-corrected chi connectivity index (χ0v) is 16.2. The summed E-state index contributed by atoms with van der Waals surface area (Å²) in [5, 5.41) is 6.36. The molecular formula is C15H32IN3O2. The molecule has 0 aromatic rings. The molecule has 0 radical (unpaired) electrons. The van der Waals surface area contributed by atoms with Gasteiger partial charge in [-0.25, -0.2) is 0 Å². The predicted molar refractivity (Wildman–Crippen MR) is 99.3 cm³/mol. The number of ether oxygens (including phenoxy) is 1. The molecule has 1 unspecified atom stereocenters. The van der Waals surface area contributed by atoms with Crippen molar-refractivity contribution >= 4 is 35.9 Å². The summed E-state index contributed by atoms with van der Waals surface area (Å²) < 4.78 is 4.61. The van der Waals surface area contributed by atoms with Crippen molar-refractivity contribution < 1.29 is 9.53 Å². The lowest BCUT2D eigenvalue weighted by Crippen LogP contribution is -2.38. The zero-order chi connectivity index (χ0) is 15.2. The fourth-order valence-corrected chi connectivity index (χ4v) is 1.86. The summed E-state index contributed by atoms with van der Waals surface area (Å²) in [6.45, 7) is 8.66. The Hall–Kier alpha value is -0.530. The Labute approximate surface area is 146 Å². The van der Waals surface area contributed by atoms with Crippen molar-refractivity contribution in [3.05, 3.63) is 0 Å². The van der Waals surface area contributed by atoms with Gasteiger partial charge in [0.1, 0.15) is 0 Å². The number of carbonyl (C=O) groups is 1. The normalized spacial score (nSPS) is 12.3. The lowest BCUT2D eigenvalue weighted by Gasteiger charge is -2.14. The first-order valence-electron chi connectivity index (χ1n) is 7.76. The molecule has 0 aromatic carbocycles. The van der Waals surface area contributed by atoms with Crippen LogP contribution in [0.1, 0.15) is 52.9 Å². The molecule has 0 aliphatic heterocycles. The molecule has 0 fully saturated rings. The number of nitrogens with one attached hydrogen (secondary N) is 2. The highest BCUT2D eigenvalue weighted by atomic mass is 127. The van der Waals surface area contributed by atoms with Gasteiger partial charge in [-0.2, -0.15) is 0 Å². The first kappa shape index (κ1) is 22.7. The highest BCUT2D eigenvalue weighted by Crippen LogP contribution is 2.12. The molecule has 5 nitrogen and oxygen atoms in total. The Bertz CT molecular complexity index is 286. The molecule has 0 aliphatic rings. The monoisotopic (exact) mass is 413 g/mol. The van der Waals surface area contributed by atoms with Crippen LogP contribution in [0.15, 0.2) is 4.99 Å². The van der Waals surface area contributed by atoms with Crippen LogP contribution in [-0.2, 0) is 9.53 Å². The Morgan fingerprint density at radius 1 is 1.24 bits per heavy atom. The van der Waals surface area contributed by atoms with E-state index >= 15 is 0 Å². The van der Waals surface area contributed by atoms with Crippen molar-refractivity contribution in [2.45, 2.75) is 52.9 Å². The van der Waals surface area contributed by atoms with Gasteiger partial charge >= 0.3 is 5.97 Å². The van der Waals surface area contributed by atoms with E-state index in [1.165, 1.54) is 26.4 Å². The van der Waals surface area contributed by atoms with Gasteiger partial charge in [0.15, 0.2) is 5.96 Å². The van der Waals surface area contributed by atoms with Crippen LogP contribution in [0.25, 0.3) is 0 Å². The molecule has 1 atom stereocenters. The molecule has 2 N–H and O–H groups in total. The van der Waals surface area contributed by atoms with Gasteiger partial charge in [-0.1, -0.05) is 33.1 Å². The number of unbranched alkanes of at least 4 members (excludes halogenated alkanes) is 1. The molecule has 6 heteroatoms. The molecule has 126 valence electrons. The number of esters is 1. The molecule has 0 amide bonds. The van der Waals surface area contributed by atoms with Gasteiger partial charge in [0, 0.05) is 19.6 Å². The number of nitrogens with zero attached hydrogens (tertiary/aromatic N) is 1. The lowest BCUT2D eigenvalue weighted by molar-refractivity contribution is -0.140. The van der Waals surface area contributed by atoms with E-state index in [-0.39, 0.29) is 29.9 Å². The fourth-order valence-electron chi connectivity index (χ4n) is 1.86. The quantitative estimate of drug-likeness (QED) is 0.250. The Morgan fingerprint density at radius 2 is 1.95 bits per heavy atom. The van der Waals surface area contributed by atoms with Gasteiger partial charge in [0.25, 0.3) is 0 Å². The summed E-state index contributed by atoms with van der Waals surface area (Å²) in [5.74, 6) is 1.22. The molecule has 0 saturated carbocycles. The molecule has 21 heavy (non-hydrogen) atoms. The van der Waals surface area contributed by atoms with Crippen molar-refractivity contribution in [1.29, 1.82) is 0 Å². The second kappa shape index (κ2) is 15.9. The molecule has 0 saturated heterocycles. The van der Waals surface area contributed by atoms with Crippen LogP contribution in [0, 0.1) is 5.92 Å². The average molecular weight is 413 g/mol. The van der Waals surface area contributed by atoms with Crippen LogP contribution in [0.3, 0.4) is 0 Å². The second-order valence-electron chi connectivity index (χ2n) is 4.89. The summed E-state index contributed by atoms with van der Waals surface area (Å²) in [6.07, 6.45) is 5.25. The van der Waals surface area contributed by atoms with Crippen LogP contribution in [0.5, 0.6) is 0 Å². The van der Waals surface area contributed by atoms with Gasteiger partial charge in [0.2, 0.25) is 0 Å². The third kappa shape index (κ3) is 12.9.